The van der Waals surface area contributed by atoms with Gasteiger partial charge in [-0.25, -0.2) is 0 Å². The minimum atomic E-state index is -0.0369. The number of ether oxygens (including phenoxy) is 1. The Balaban J connectivity index is 1.64. The summed E-state index contributed by atoms with van der Waals surface area (Å²) in [6.07, 6.45) is 0.351. The van der Waals surface area contributed by atoms with E-state index in [1.165, 1.54) is 0 Å². The van der Waals surface area contributed by atoms with Gasteiger partial charge in [-0.1, -0.05) is 36.4 Å². The zero-order valence-corrected chi connectivity index (χ0v) is 15.7. The third-order valence-corrected chi connectivity index (χ3v) is 4.99. The van der Waals surface area contributed by atoms with Crippen LogP contribution in [0.2, 0.25) is 0 Å². The Hall–Kier alpha value is -3.14. The second-order valence-electron chi connectivity index (χ2n) is 7.02. The number of hydrogen-bond acceptors (Lipinski definition) is 3. The summed E-state index contributed by atoms with van der Waals surface area (Å²) in [5.41, 5.74) is 5.72. The first-order valence-electron chi connectivity index (χ1n) is 9.13. The van der Waals surface area contributed by atoms with Crippen molar-refractivity contribution in [2.45, 2.75) is 33.1 Å². The van der Waals surface area contributed by atoms with E-state index >= 15 is 0 Å². The molecule has 4 rings (SSSR count). The molecule has 1 amide bonds. The lowest BCUT2D eigenvalue weighted by Crippen LogP contribution is -2.20. The average Bonchev–Trinajstić information content (AvgIpc) is 2.64. The van der Waals surface area contributed by atoms with Gasteiger partial charge in [0.15, 0.2) is 0 Å². The molecule has 1 N–H and O–H groups in total. The number of fused-ring (bicyclic) bond motifs is 2. The van der Waals surface area contributed by atoms with Crippen molar-refractivity contribution in [3.8, 4) is 11.5 Å². The summed E-state index contributed by atoms with van der Waals surface area (Å²) >= 11 is 0. The average molecular weight is 358 g/mol. The molecule has 0 saturated carbocycles. The van der Waals surface area contributed by atoms with E-state index in [1.807, 2.05) is 75.4 Å². The first-order valence-corrected chi connectivity index (χ1v) is 9.13. The van der Waals surface area contributed by atoms with Crippen LogP contribution in [-0.4, -0.2) is 10.9 Å². The Bertz CT molecular complexity index is 958. The fourth-order valence-corrected chi connectivity index (χ4v) is 3.82. The van der Waals surface area contributed by atoms with Gasteiger partial charge in [0.2, 0.25) is 5.91 Å². The lowest BCUT2D eigenvalue weighted by molar-refractivity contribution is -0.116. The monoisotopic (exact) mass is 358 g/mol. The molecule has 4 nitrogen and oxygen atoms in total. The lowest BCUT2D eigenvalue weighted by atomic mass is 9.85. The quantitative estimate of drug-likeness (QED) is 0.693. The number of aromatic nitrogens is 1. The van der Waals surface area contributed by atoms with Crippen LogP contribution in [0.15, 0.2) is 54.6 Å². The van der Waals surface area contributed by atoms with Gasteiger partial charge in [0, 0.05) is 29.2 Å². The molecular formula is C23H22N2O2. The molecule has 27 heavy (non-hydrogen) atoms. The van der Waals surface area contributed by atoms with Crippen LogP contribution in [0.3, 0.4) is 0 Å². The van der Waals surface area contributed by atoms with Crippen LogP contribution >= 0.6 is 0 Å². The van der Waals surface area contributed by atoms with Crippen LogP contribution in [0.1, 0.15) is 40.4 Å². The number of rotatable bonds is 3. The zero-order valence-electron chi connectivity index (χ0n) is 15.7. The summed E-state index contributed by atoms with van der Waals surface area (Å²) < 4.78 is 6.02. The topological polar surface area (TPSA) is 51.2 Å². The van der Waals surface area contributed by atoms with Gasteiger partial charge in [-0.05, 0) is 44.5 Å². The second-order valence-corrected chi connectivity index (χ2v) is 7.02. The van der Waals surface area contributed by atoms with E-state index in [2.05, 4.69) is 10.3 Å². The Morgan fingerprint density at radius 2 is 1.59 bits per heavy atom. The lowest BCUT2D eigenvalue weighted by Gasteiger charge is -2.28. The van der Waals surface area contributed by atoms with Crippen molar-refractivity contribution in [1.82, 2.24) is 4.98 Å². The minimum absolute atomic E-state index is 0.0247. The molecule has 0 bridgehead atoms. The van der Waals surface area contributed by atoms with Crippen molar-refractivity contribution >= 4 is 11.6 Å². The van der Waals surface area contributed by atoms with Gasteiger partial charge in [-0.3, -0.25) is 9.78 Å². The second kappa shape index (κ2) is 6.88. The molecule has 136 valence electrons. The van der Waals surface area contributed by atoms with E-state index in [9.17, 15) is 4.79 Å². The maximum atomic E-state index is 12.9. The number of carbonyl (C=O) groups excluding carboxylic acids is 1. The molecule has 3 aromatic rings. The predicted molar refractivity (Wildman–Crippen MR) is 106 cm³/mol. The number of carbonyl (C=O) groups is 1. The highest BCUT2D eigenvalue weighted by atomic mass is 16.5. The number of nitrogens with one attached hydrogen (secondary N) is 1. The molecule has 1 aliphatic heterocycles. The molecule has 1 aromatic heterocycles. The van der Waals surface area contributed by atoms with Crippen molar-refractivity contribution in [3.05, 3.63) is 82.7 Å². The molecule has 0 atom stereocenters. The number of hydrogen-bond donors (Lipinski definition) is 1. The maximum absolute atomic E-state index is 12.9. The number of anilines is 1. The number of aryl methyl sites for hydroxylation is 3. The van der Waals surface area contributed by atoms with Gasteiger partial charge in [-0.2, -0.15) is 0 Å². The predicted octanol–water partition coefficient (Wildman–Crippen LogP) is 5.27. The van der Waals surface area contributed by atoms with Crippen LogP contribution < -0.4 is 10.1 Å². The van der Waals surface area contributed by atoms with Crippen molar-refractivity contribution in [2.75, 3.05) is 5.32 Å². The van der Waals surface area contributed by atoms with Gasteiger partial charge in [0.1, 0.15) is 11.5 Å². The van der Waals surface area contributed by atoms with Crippen LogP contribution in [-0.2, 0) is 4.79 Å². The molecule has 0 spiro atoms. The molecule has 0 radical (unpaired) electrons. The van der Waals surface area contributed by atoms with Crippen molar-refractivity contribution in [1.29, 1.82) is 0 Å². The molecule has 0 aliphatic carbocycles. The maximum Gasteiger partial charge on any atom is 0.225 e. The molecule has 2 aromatic carbocycles. The van der Waals surface area contributed by atoms with E-state index in [0.29, 0.717) is 6.42 Å². The van der Waals surface area contributed by atoms with Crippen molar-refractivity contribution in [3.63, 3.8) is 0 Å². The Morgan fingerprint density at radius 1 is 1.00 bits per heavy atom. The smallest absolute Gasteiger partial charge is 0.225 e. The summed E-state index contributed by atoms with van der Waals surface area (Å²) in [6, 6.07) is 17.8. The van der Waals surface area contributed by atoms with Gasteiger partial charge in [0.25, 0.3) is 0 Å². The number of nitrogens with zero attached hydrogens (tertiary/aromatic N) is 1. The SMILES string of the molecule is Cc1cc(C)c(NC(=O)CC2c3ccccc3Oc3ccccc32)c(C)n1. The zero-order chi connectivity index (χ0) is 19.0. The molecule has 4 heteroatoms. The van der Waals surface area contributed by atoms with Gasteiger partial charge < -0.3 is 10.1 Å². The van der Waals surface area contributed by atoms with Gasteiger partial charge >= 0.3 is 0 Å². The molecule has 0 unspecified atom stereocenters. The standard InChI is InChI=1S/C23H22N2O2/c1-14-12-15(2)24-16(3)23(14)25-22(26)13-19-17-8-4-6-10-20(17)27-21-11-7-5-9-18(19)21/h4-12,19H,13H2,1-3H3,(H,25,26). The summed E-state index contributed by atoms with van der Waals surface area (Å²) in [4.78, 5) is 17.4. The highest BCUT2D eigenvalue weighted by molar-refractivity contribution is 5.93. The Morgan fingerprint density at radius 3 is 2.19 bits per heavy atom. The van der Waals surface area contributed by atoms with E-state index in [0.717, 1.165) is 45.3 Å². The first-order chi connectivity index (χ1) is 13.0. The van der Waals surface area contributed by atoms with Gasteiger partial charge in [-0.15, -0.1) is 0 Å². The summed E-state index contributed by atoms with van der Waals surface area (Å²) in [6.45, 7) is 5.88. The fraction of sp³-hybridized carbons (Fsp3) is 0.217. The molecule has 0 fully saturated rings. The van der Waals surface area contributed by atoms with Crippen molar-refractivity contribution in [2.24, 2.45) is 0 Å². The summed E-state index contributed by atoms with van der Waals surface area (Å²) in [5, 5.41) is 3.07. The minimum Gasteiger partial charge on any atom is -0.457 e. The van der Waals surface area contributed by atoms with E-state index in [4.69, 9.17) is 4.74 Å². The molecule has 0 saturated heterocycles. The normalized spacial score (nSPS) is 12.7. The van der Waals surface area contributed by atoms with E-state index in [1.54, 1.807) is 0 Å². The number of pyridine rings is 1. The number of amides is 1. The third kappa shape index (κ3) is 3.31. The number of para-hydroxylation sites is 2. The van der Waals surface area contributed by atoms with E-state index < -0.39 is 0 Å². The largest absolute Gasteiger partial charge is 0.457 e. The van der Waals surface area contributed by atoms with E-state index in [-0.39, 0.29) is 11.8 Å². The van der Waals surface area contributed by atoms with Gasteiger partial charge in [0.05, 0.1) is 11.4 Å². The van der Waals surface area contributed by atoms with Crippen LogP contribution in [0.4, 0.5) is 5.69 Å². The molecule has 1 aliphatic rings. The Kier molecular flexibility index (Phi) is 4.40. The highest BCUT2D eigenvalue weighted by Crippen LogP contribution is 2.45. The molecular weight excluding hydrogens is 336 g/mol. The van der Waals surface area contributed by atoms with Crippen LogP contribution in [0.25, 0.3) is 0 Å². The molecule has 2 heterocycles. The first kappa shape index (κ1) is 17.3. The third-order valence-electron chi connectivity index (χ3n) is 4.99. The van der Waals surface area contributed by atoms with Crippen LogP contribution in [0.5, 0.6) is 11.5 Å². The number of benzene rings is 2. The Labute approximate surface area is 159 Å². The highest BCUT2D eigenvalue weighted by Gasteiger charge is 2.28. The van der Waals surface area contributed by atoms with Crippen molar-refractivity contribution < 1.29 is 9.53 Å². The summed E-state index contributed by atoms with van der Waals surface area (Å²) in [7, 11) is 0. The van der Waals surface area contributed by atoms with Crippen LogP contribution in [0, 0.1) is 20.8 Å². The summed E-state index contributed by atoms with van der Waals surface area (Å²) in [5.74, 6) is 1.57. The fourth-order valence-electron chi connectivity index (χ4n) is 3.82.